The molecule has 1 aliphatic heterocycles. The Kier molecular flexibility index (Phi) is 4.95. The molecule has 0 fully saturated rings. The van der Waals surface area contributed by atoms with Gasteiger partial charge in [0.25, 0.3) is 0 Å². The number of aryl methyl sites for hydroxylation is 1. The Labute approximate surface area is 176 Å². The largest absolute Gasteiger partial charge is 0.497 e. The molecule has 0 saturated carbocycles. The van der Waals surface area contributed by atoms with E-state index in [1.54, 1.807) is 7.11 Å². The van der Waals surface area contributed by atoms with E-state index in [9.17, 15) is 0 Å². The molecule has 0 bridgehead atoms. The molecule has 150 valence electrons. The highest BCUT2D eigenvalue weighted by molar-refractivity contribution is 5.79. The lowest BCUT2D eigenvalue weighted by atomic mass is 10.0. The lowest BCUT2D eigenvalue weighted by Crippen LogP contribution is -2.05. The van der Waals surface area contributed by atoms with Crippen LogP contribution in [0.5, 0.6) is 5.75 Å². The average molecular weight is 397 g/mol. The van der Waals surface area contributed by atoms with Crippen molar-refractivity contribution >= 4 is 10.9 Å². The molecule has 0 aliphatic carbocycles. The van der Waals surface area contributed by atoms with Crippen molar-refractivity contribution in [2.24, 2.45) is 0 Å². The average Bonchev–Trinajstić information content (AvgIpc) is 3.17. The van der Waals surface area contributed by atoms with Crippen LogP contribution in [0.25, 0.3) is 22.0 Å². The zero-order chi connectivity index (χ0) is 20.5. The summed E-state index contributed by atoms with van der Waals surface area (Å²) in [6.07, 6.45) is -0.439. The van der Waals surface area contributed by atoms with Gasteiger partial charge < -0.3 is 14.2 Å². The molecule has 4 heteroatoms. The van der Waals surface area contributed by atoms with Crippen molar-refractivity contribution in [3.63, 3.8) is 0 Å². The molecule has 4 aromatic rings. The van der Waals surface area contributed by atoms with Gasteiger partial charge in [0, 0.05) is 10.9 Å². The van der Waals surface area contributed by atoms with Crippen molar-refractivity contribution < 1.29 is 14.2 Å². The summed E-state index contributed by atoms with van der Waals surface area (Å²) in [6.45, 7) is 3.08. The molecule has 1 atom stereocenters. The number of hydrogen-bond acceptors (Lipinski definition) is 4. The fourth-order valence-electron chi connectivity index (χ4n) is 3.95. The normalized spacial score (nSPS) is 15.3. The zero-order valence-corrected chi connectivity index (χ0v) is 17.1. The Morgan fingerprint density at radius 2 is 1.87 bits per heavy atom. The van der Waals surface area contributed by atoms with Gasteiger partial charge in [0.2, 0.25) is 6.29 Å². The minimum absolute atomic E-state index is 0.439. The van der Waals surface area contributed by atoms with Crippen LogP contribution in [0.15, 0.2) is 72.8 Å². The third kappa shape index (κ3) is 3.67. The minimum atomic E-state index is -0.439. The molecular weight excluding hydrogens is 374 g/mol. The van der Waals surface area contributed by atoms with Crippen molar-refractivity contribution in [1.29, 1.82) is 0 Å². The summed E-state index contributed by atoms with van der Waals surface area (Å²) in [5.74, 6) is 0.848. The summed E-state index contributed by atoms with van der Waals surface area (Å²) < 4.78 is 17.4. The number of aromatic nitrogens is 1. The van der Waals surface area contributed by atoms with Crippen molar-refractivity contribution in [2.45, 2.75) is 26.4 Å². The van der Waals surface area contributed by atoms with Crippen molar-refractivity contribution in [2.75, 3.05) is 7.11 Å². The van der Waals surface area contributed by atoms with E-state index in [0.29, 0.717) is 13.2 Å². The summed E-state index contributed by atoms with van der Waals surface area (Å²) >= 11 is 0. The van der Waals surface area contributed by atoms with Crippen LogP contribution in [-0.4, -0.2) is 12.1 Å². The Morgan fingerprint density at radius 1 is 0.967 bits per heavy atom. The summed E-state index contributed by atoms with van der Waals surface area (Å²) in [5, 5.41) is 1.13. The standard InChI is InChI=1S/C26H23NO3/c1-17-10-18(12-21(11-17)19-7-5-8-23(14-19)28-2)15-29-26-25-22(16-30-26)13-20-6-3-4-9-24(20)27-25/h3-14,26H,15-16H2,1-2H3. The van der Waals surface area contributed by atoms with Crippen LogP contribution in [0.4, 0.5) is 0 Å². The molecule has 1 unspecified atom stereocenters. The number of fused-ring (bicyclic) bond motifs is 2. The quantitative estimate of drug-likeness (QED) is 0.416. The number of pyridine rings is 1. The molecule has 0 amide bonds. The van der Waals surface area contributed by atoms with Crippen LogP contribution in [0.3, 0.4) is 0 Å². The van der Waals surface area contributed by atoms with Crippen LogP contribution in [-0.2, 0) is 22.7 Å². The molecule has 0 N–H and O–H groups in total. The van der Waals surface area contributed by atoms with Gasteiger partial charge in [0.15, 0.2) is 0 Å². The van der Waals surface area contributed by atoms with Gasteiger partial charge in [-0.25, -0.2) is 4.98 Å². The molecule has 30 heavy (non-hydrogen) atoms. The predicted molar refractivity (Wildman–Crippen MR) is 117 cm³/mol. The van der Waals surface area contributed by atoms with Crippen LogP contribution in [0.2, 0.25) is 0 Å². The van der Waals surface area contributed by atoms with Gasteiger partial charge >= 0.3 is 0 Å². The van der Waals surface area contributed by atoms with E-state index in [-0.39, 0.29) is 0 Å². The maximum absolute atomic E-state index is 6.15. The second-order valence-electron chi connectivity index (χ2n) is 7.62. The minimum Gasteiger partial charge on any atom is -0.497 e. The van der Waals surface area contributed by atoms with Crippen LogP contribution in [0, 0.1) is 6.92 Å². The smallest absolute Gasteiger partial charge is 0.202 e. The predicted octanol–water partition coefficient (Wildman–Crippen LogP) is 5.96. The summed E-state index contributed by atoms with van der Waals surface area (Å²) in [6, 6.07) is 24.8. The van der Waals surface area contributed by atoms with Gasteiger partial charge in [-0.05, 0) is 53.9 Å². The first-order valence-corrected chi connectivity index (χ1v) is 10.1. The summed E-state index contributed by atoms with van der Waals surface area (Å²) in [4.78, 5) is 4.79. The third-order valence-electron chi connectivity index (χ3n) is 5.39. The highest BCUT2D eigenvalue weighted by Gasteiger charge is 2.26. The van der Waals surface area contributed by atoms with E-state index in [2.05, 4.69) is 43.3 Å². The zero-order valence-electron chi connectivity index (χ0n) is 17.1. The molecule has 2 heterocycles. The Hall–Kier alpha value is -3.21. The van der Waals surface area contributed by atoms with Gasteiger partial charge in [-0.1, -0.05) is 48.0 Å². The Bertz CT molecular complexity index is 1220. The molecule has 1 aromatic heterocycles. The number of rotatable bonds is 5. The van der Waals surface area contributed by atoms with Crippen LogP contribution < -0.4 is 4.74 Å². The first-order valence-electron chi connectivity index (χ1n) is 10.1. The van der Waals surface area contributed by atoms with Crippen molar-refractivity contribution in [3.8, 4) is 16.9 Å². The number of para-hydroxylation sites is 1. The van der Waals surface area contributed by atoms with Crippen LogP contribution >= 0.6 is 0 Å². The molecule has 0 saturated heterocycles. The van der Waals surface area contributed by atoms with E-state index in [0.717, 1.165) is 44.6 Å². The van der Waals surface area contributed by atoms with E-state index < -0.39 is 6.29 Å². The highest BCUT2D eigenvalue weighted by atomic mass is 16.7. The van der Waals surface area contributed by atoms with E-state index in [1.807, 2.05) is 36.4 Å². The monoisotopic (exact) mass is 397 g/mol. The fourth-order valence-corrected chi connectivity index (χ4v) is 3.95. The molecule has 5 rings (SSSR count). The number of ether oxygens (including phenoxy) is 3. The first-order chi connectivity index (χ1) is 14.7. The molecule has 1 aliphatic rings. The number of hydrogen-bond donors (Lipinski definition) is 0. The van der Waals surface area contributed by atoms with E-state index >= 15 is 0 Å². The number of nitrogens with zero attached hydrogens (tertiary/aromatic N) is 1. The maximum atomic E-state index is 6.15. The van der Waals surface area contributed by atoms with E-state index in [4.69, 9.17) is 19.2 Å². The highest BCUT2D eigenvalue weighted by Crippen LogP contribution is 2.33. The Morgan fingerprint density at radius 3 is 2.77 bits per heavy atom. The van der Waals surface area contributed by atoms with E-state index in [1.165, 1.54) is 5.56 Å². The molecule has 0 spiro atoms. The van der Waals surface area contributed by atoms with Gasteiger partial charge in [-0.3, -0.25) is 0 Å². The molecule has 3 aromatic carbocycles. The van der Waals surface area contributed by atoms with Gasteiger partial charge in [-0.15, -0.1) is 0 Å². The van der Waals surface area contributed by atoms with Crippen molar-refractivity contribution in [1.82, 2.24) is 4.98 Å². The first kappa shape index (κ1) is 18.8. The molecule has 4 nitrogen and oxygen atoms in total. The summed E-state index contributed by atoms with van der Waals surface area (Å²) in [7, 11) is 1.69. The second-order valence-corrected chi connectivity index (χ2v) is 7.62. The van der Waals surface area contributed by atoms with Gasteiger partial charge in [0.05, 0.1) is 25.8 Å². The van der Waals surface area contributed by atoms with Crippen LogP contribution in [0.1, 0.15) is 28.7 Å². The number of methoxy groups -OCH3 is 1. The Balaban J connectivity index is 1.38. The second kappa shape index (κ2) is 7.90. The maximum Gasteiger partial charge on any atom is 0.202 e. The fraction of sp³-hybridized carbons (Fsp3) is 0.192. The topological polar surface area (TPSA) is 40.6 Å². The SMILES string of the molecule is COc1cccc(-c2cc(C)cc(COC3OCc4cc5ccccc5nc43)c2)c1. The third-order valence-corrected chi connectivity index (χ3v) is 5.39. The molecule has 0 radical (unpaired) electrons. The van der Waals surface area contributed by atoms with Gasteiger partial charge in [0.1, 0.15) is 11.4 Å². The number of benzene rings is 3. The van der Waals surface area contributed by atoms with Crippen molar-refractivity contribution in [3.05, 3.63) is 95.2 Å². The van der Waals surface area contributed by atoms with Gasteiger partial charge in [-0.2, -0.15) is 0 Å². The summed E-state index contributed by atoms with van der Waals surface area (Å²) in [5.41, 5.74) is 7.50. The lowest BCUT2D eigenvalue weighted by Gasteiger charge is -2.14. The lowest BCUT2D eigenvalue weighted by molar-refractivity contribution is -0.147. The molecular formula is C26H23NO3.